The number of hydrogen-bond donors (Lipinski definition) is 1. The molecule has 82 valence electrons. The number of hydrogen-bond acceptors (Lipinski definition) is 4. The molecule has 0 aromatic carbocycles. The van der Waals surface area contributed by atoms with Gasteiger partial charge in [-0.05, 0) is 12.1 Å². The van der Waals surface area contributed by atoms with Gasteiger partial charge in [0.05, 0.1) is 29.5 Å². The van der Waals surface area contributed by atoms with Gasteiger partial charge in [-0.2, -0.15) is 0 Å². The van der Waals surface area contributed by atoms with Crippen LogP contribution in [0.4, 0.5) is 5.69 Å². The highest BCUT2D eigenvalue weighted by molar-refractivity contribution is 5.78. The molecule has 0 saturated carbocycles. The van der Waals surface area contributed by atoms with Gasteiger partial charge in [0, 0.05) is 13.1 Å². The van der Waals surface area contributed by atoms with E-state index in [0.29, 0.717) is 17.3 Å². The highest BCUT2D eigenvalue weighted by atomic mass is 16.1. The van der Waals surface area contributed by atoms with Crippen LogP contribution in [0.15, 0.2) is 29.2 Å². The van der Waals surface area contributed by atoms with Crippen molar-refractivity contribution in [2.24, 2.45) is 0 Å². The average molecular weight is 217 g/mol. The summed E-state index contributed by atoms with van der Waals surface area (Å²) in [6, 6.07) is 4.86. The number of carbonyl (C=O) groups excluding carboxylic acids is 1. The number of aldehydes is 1. The van der Waals surface area contributed by atoms with E-state index in [-0.39, 0.29) is 12.1 Å². The lowest BCUT2D eigenvalue weighted by Gasteiger charge is -2.07. The second-order valence-electron chi connectivity index (χ2n) is 3.33. The zero-order valence-electron chi connectivity index (χ0n) is 8.80. The van der Waals surface area contributed by atoms with Gasteiger partial charge in [-0.1, -0.05) is 0 Å². The molecule has 0 unspecified atom stereocenters. The lowest BCUT2D eigenvalue weighted by Crippen LogP contribution is -2.20. The summed E-state index contributed by atoms with van der Waals surface area (Å²) in [5.74, 6) is 0. The Morgan fingerprint density at radius 1 is 1.50 bits per heavy atom. The van der Waals surface area contributed by atoms with Crippen LogP contribution in [0, 0.1) is 0 Å². The standard InChI is InChI=1S/C11H11N3O2/c1-12-8-6-10-9(13-7-8)2-3-11(16)14(10)4-5-15/h2-3,5-7,12H,4H2,1H3. The summed E-state index contributed by atoms with van der Waals surface area (Å²) in [7, 11) is 1.77. The van der Waals surface area contributed by atoms with E-state index in [0.717, 1.165) is 5.69 Å². The van der Waals surface area contributed by atoms with Crippen molar-refractivity contribution >= 4 is 23.0 Å². The first kappa shape index (κ1) is 10.4. The molecule has 0 aliphatic carbocycles. The predicted octanol–water partition coefficient (Wildman–Crippen LogP) is 0.637. The van der Waals surface area contributed by atoms with Crippen molar-refractivity contribution in [3.8, 4) is 0 Å². The maximum absolute atomic E-state index is 11.6. The van der Waals surface area contributed by atoms with Crippen molar-refractivity contribution in [3.63, 3.8) is 0 Å². The highest BCUT2D eigenvalue weighted by Crippen LogP contribution is 2.14. The second-order valence-corrected chi connectivity index (χ2v) is 3.33. The summed E-state index contributed by atoms with van der Waals surface area (Å²) in [5, 5.41) is 2.94. The van der Waals surface area contributed by atoms with Gasteiger partial charge in [0.25, 0.3) is 5.56 Å². The summed E-state index contributed by atoms with van der Waals surface area (Å²) in [5.41, 5.74) is 1.96. The molecule has 2 aromatic heterocycles. The van der Waals surface area contributed by atoms with Crippen LogP contribution in [0.1, 0.15) is 0 Å². The van der Waals surface area contributed by atoms with E-state index >= 15 is 0 Å². The Bertz CT molecular complexity index is 589. The van der Waals surface area contributed by atoms with Crippen LogP contribution in [0.5, 0.6) is 0 Å². The monoisotopic (exact) mass is 217 g/mol. The minimum absolute atomic E-state index is 0.0466. The zero-order valence-corrected chi connectivity index (χ0v) is 8.80. The minimum atomic E-state index is -0.199. The van der Waals surface area contributed by atoms with Gasteiger partial charge in [-0.15, -0.1) is 0 Å². The molecule has 0 aliphatic rings. The lowest BCUT2D eigenvalue weighted by molar-refractivity contribution is -0.108. The van der Waals surface area contributed by atoms with E-state index in [1.165, 1.54) is 10.6 Å². The number of pyridine rings is 2. The van der Waals surface area contributed by atoms with Crippen LogP contribution in [-0.2, 0) is 11.3 Å². The molecule has 0 bridgehead atoms. The molecule has 0 amide bonds. The SMILES string of the molecule is CNc1cnc2ccc(=O)n(CC=O)c2c1. The highest BCUT2D eigenvalue weighted by Gasteiger charge is 2.04. The van der Waals surface area contributed by atoms with Gasteiger partial charge >= 0.3 is 0 Å². The Balaban J connectivity index is 2.77. The molecule has 0 radical (unpaired) electrons. The van der Waals surface area contributed by atoms with E-state index < -0.39 is 0 Å². The molecular weight excluding hydrogens is 206 g/mol. The van der Waals surface area contributed by atoms with Gasteiger partial charge in [0.15, 0.2) is 0 Å². The molecule has 1 N–H and O–H groups in total. The summed E-state index contributed by atoms with van der Waals surface area (Å²) in [4.78, 5) is 26.3. The smallest absolute Gasteiger partial charge is 0.251 e. The molecule has 0 atom stereocenters. The fourth-order valence-corrected chi connectivity index (χ4v) is 1.57. The lowest BCUT2D eigenvalue weighted by atomic mass is 10.3. The average Bonchev–Trinajstić information content (AvgIpc) is 2.32. The third-order valence-electron chi connectivity index (χ3n) is 2.38. The number of carbonyl (C=O) groups is 1. The Hall–Kier alpha value is -2.17. The summed E-state index contributed by atoms with van der Waals surface area (Å²) in [6.07, 6.45) is 2.38. The number of rotatable bonds is 3. The van der Waals surface area contributed by atoms with E-state index in [2.05, 4.69) is 10.3 Å². The van der Waals surface area contributed by atoms with Gasteiger partial charge in [0.2, 0.25) is 0 Å². The molecule has 2 rings (SSSR count). The van der Waals surface area contributed by atoms with Gasteiger partial charge in [-0.25, -0.2) is 0 Å². The molecule has 0 aliphatic heterocycles. The third kappa shape index (κ3) is 1.67. The topological polar surface area (TPSA) is 64.0 Å². The molecule has 2 heterocycles. The van der Waals surface area contributed by atoms with Crippen LogP contribution < -0.4 is 10.9 Å². The second kappa shape index (κ2) is 4.14. The maximum atomic E-state index is 11.6. The molecule has 2 aromatic rings. The summed E-state index contributed by atoms with van der Waals surface area (Å²) >= 11 is 0. The van der Waals surface area contributed by atoms with Gasteiger partial charge < -0.3 is 10.1 Å². The van der Waals surface area contributed by atoms with E-state index in [1.54, 1.807) is 25.4 Å². The molecule has 0 spiro atoms. The zero-order chi connectivity index (χ0) is 11.5. The van der Waals surface area contributed by atoms with Crippen LogP contribution in [0.25, 0.3) is 11.0 Å². The van der Waals surface area contributed by atoms with E-state index in [9.17, 15) is 9.59 Å². The van der Waals surface area contributed by atoms with Gasteiger partial charge in [0.1, 0.15) is 6.29 Å². The number of fused-ring (bicyclic) bond motifs is 1. The number of anilines is 1. The van der Waals surface area contributed by atoms with Crippen molar-refractivity contribution in [1.29, 1.82) is 0 Å². The van der Waals surface area contributed by atoms with Crippen LogP contribution in [0.2, 0.25) is 0 Å². The van der Waals surface area contributed by atoms with Crippen LogP contribution in [0.3, 0.4) is 0 Å². The Morgan fingerprint density at radius 3 is 3.00 bits per heavy atom. The molecule has 0 saturated heterocycles. The third-order valence-corrected chi connectivity index (χ3v) is 2.38. The van der Waals surface area contributed by atoms with Crippen molar-refractivity contribution in [2.45, 2.75) is 6.54 Å². The Kier molecular flexibility index (Phi) is 2.68. The first-order valence-corrected chi connectivity index (χ1v) is 4.87. The van der Waals surface area contributed by atoms with Crippen molar-refractivity contribution < 1.29 is 4.79 Å². The van der Waals surface area contributed by atoms with Crippen molar-refractivity contribution in [3.05, 3.63) is 34.7 Å². The first-order valence-electron chi connectivity index (χ1n) is 4.87. The molecule has 16 heavy (non-hydrogen) atoms. The number of nitrogens with one attached hydrogen (secondary N) is 1. The fraction of sp³-hybridized carbons (Fsp3) is 0.182. The Morgan fingerprint density at radius 2 is 2.31 bits per heavy atom. The summed E-state index contributed by atoms with van der Waals surface area (Å²) < 4.78 is 1.40. The van der Waals surface area contributed by atoms with Gasteiger partial charge in [-0.3, -0.25) is 14.3 Å². The maximum Gasteiger partial charge on any atom is 0.251 e. The number of aromatic nitrogens is 2. The molecule has 0 fully saturated rings. The molecule has 5 nitrogen and oxygen atoms in total. The first-order chi connectivity index (χ1) is 7.76. The van der Waals surface area contributed by atoms with Crippen molar-refractivity contribution in [1.82, 2.24) is 9.55 Å². The molecule has 5 heteroatoms. The largest absolute Gasteiger partial charge is 0.387 e. The molecular formula is C11H11N3O2. The Labute approximate surface area is 91.7 Å². The van der Waals surface area contributed by atoms with Crippen LogP contribution in [-0.4, -0.2) is 22.9 Å². The minimum Gasteiger partial charge on any atom is -0.387 e. The number of nitrogens with zero attached hydrogens (tertiary/aromatic N) is 2. The normalized spacial score (nSPS) is 10.3. The van der Waals surface area contributed by atoms with Crippen LogP contribution >= 0.6 is 0 Å². The quantitative estimate of drug-likeness (QED) is 0.766. The van der Waals surface area contributed by atoms with Crippen molar-refractivity contribution in [2.75, 3.05) is 12.4 Å². The predicted molar refractivity (Wildman–Crippen MR) is 61.6 cm³/mol. The fourth-order valence-electron chi connectivity index (χ4n) is 1.57. The summed E-state index contributed by atoms with van der Waals surface area (Å²) in [6.45, 7) is 0.0466. The van der Waals surface area contributed by atoms with E-state index in [1.807, 2.05) is 0 Å². The van der Waals surface area contributed by atoms with E-state index in [4.69, 9.17) is 0 Å².